The van der Waals surface area contributed by atoms with Gasteiger partial charge in [-0.15, -0.1) is 0 Å². The van der Waals surface area contributed by atoms with Gasteiger partial charge in [0.2, 0.25) is 0 Å². The van der Waals surface area contributed by atoms with Crippen molar-refractivity contribution < 1.29 is 14.3 Å². The topological polar surface area (TPSA) is 42.0 Å². The van der Waals surface area contributed by atoms with Crippen LogP contribution in [-0.4, -0.2) is 19.7 Å². The lowest BCUT2D eigenvalue weighted by atomic mass is 9.99. The summed E-state index contributed by atoms with van der Waals surface area (Å²) in [5, 5.41) is 0. The fraction of sp³-hybridized carbons (Fsp3) is 0.136. The summed E-state index contributed by atoms with van der Waals surface area (Å²) in [5.74, 6) is 1.55. The summed E-state index contributed by atoms with van der Waals surface area (Å²) < 4.78 is 11.2. The fourth-order valence-corrected chi connectivity index (χ4v) is 3.83. The van der Waals surface area contributed by atoms with Crippen LogP contribution in [0.2, 0.25) is 0 Å². The van der Waals surface area contributed by atoms with Crippen LogP contribution in [0, 0.1) is 0 Å². The molecule has 134 valence electrons. The first-order valence-electron chi connectivity index (χ1n) is 8.83. The van der Waals surface area contributed by atoms with Gasteiger partial charge in [-0.3, -0.25) is 9.69 Å². The number of hydrogen-bond acceptors (Lipinski definition) is 4. The summed E-state index contributed by atoms with van der Waals surface area (Å²) in [6.07, 6.45) is -0.259. The maximum absolute atomic E-state index is 13.5. The smallest absolute Gasteiger partial charge is 0.262 e. The molecule has 2 heterocycles. The van der Waals surface area contributed by atoms with E-state index in [9.17, 15) is 4.79 Å². The molecule has 0 fully saturated rings. The number of amides is 1. The van der Waals surface area contributed by atoms with Crippen molar-refractivity contribution >= 4 is 17.3 Å². The van der Waals surface area contributed by atoms with E-state index in [4.69, 9.17) is 9.47 Å². The number of para-hydroxylation sites is 2. The first kappa shape index (κ1) is 15.8. The molecular weight excluding hydrogens is 340 g/mol. The molecule has 27 heavy (non-hydrogen) atoms. The maximum atomic E-state index is 13.5. The molecule has 0 radical (unpaired) electrons. The van der Waals surface area contributed by atoms with Crippen LogP contribution in [-0.2, 0) is 0 Å². The van der Waals surface area contributed by atoms with E-state index in [0.717, 1.165) is 28.4 Å². The van der Waals surface area contributed by atoms with Crippen molar-refractivity contribution in [1.82, 2.24) is 0 Å². The number of hydrogen-bond donors (Lipinski definition) is 0. The van der Waals surface area contributed by atoms with Gasteiger partial charge < -0.3 is 14.4 Å². The highest BCUT2D eigenvalue weighted by Gasteiger charge is 2.42. The van der Waals surface area contributed by atoms with Crippen LogP contribution in [0.15, 0.2) is 72.8 Å². The number of carbonyl (C=O) groups excluding carboxylic acids is 1. The third-order valence-electron chi connectivity index (χ3n) is 5.11. The van der Waals surface area contributed by atoms with E-state index in [1.165, 1.54) is 0 Å². The minimum atomic E-state index is -0.259. The standard InChI is InChI=1S/C22H18N2O3/c1-26-16-12-10-15(11-13-16)24-21-18-7-3-5-9-20(18)27-14-23(21)19-8-4-2-6-17(19)22(24)25/h2-13,21H,14H2,1H3. The molecule has 0 bridgehead atoms. The molecule has 0 saturated heterocycles. The highest BCUT2D eigenvalue weighted by Crippen LogP contribution is 2.45. The van der Waals surface area contributed by atoms with Gasteiger partial charge in [0.25, 0.3) is 5.91 Å². The lowest BCUT2D eigenvalue weighted by molar-refractivity contribution is 0.0959. The van der Waals surface area contributed by atoms with Crippen LogP contribution in [0.5, 0.6) is 11.5 Å². The molecule has 0 aliphatic carbocycles. The van der Waals surface area contributed by atoms with Crippen molar-refractivity contribution in [3.05, 3.63) is 83.9 Å². The third kappa shape index (κ3) is 2.35. The summed E-state index contributed by atoms with van der Waals surface area (Å²) in [6, 6.07) is 23.2. The Kier molecular flexibility index (Phi) is 3.53. The van der Waals surface area contributed by atoms with Crippen LogP contribution >= 0.6 is 0 Å². The Labute approximate surface area is 157 Å². The third-order valence-corrected chi connectivity index (χ3v) is 5.11. The zero-order valence-corrected chi connectivity index (χ0v) is 14.8. The van der Waals surface area contributed by atoms with Gasteiger partial charge in [-0.05, 0) is 42.5 Å². The minimum Gasteiger partial charge on any atom is -0.497 e. The fourth-order valence-electron chi connectivity index (χ4n) is 3.83. The molecule has 5 rings (SSSR count). The van der Waals surface area contributed by atoms with Gasteiger partial charge in [-0.2, -0.15) is 0 Å². The maximum Gasteiger partial charge on any atom is 0.262 e. The molecule has 1 amide bonds. The Morgan fingerprint density at radius 3 is 2.52 bits per heavy atom. The van der Waals surface area contributed by atoms with Gasteiger partial charge in [-0.1, -0.05) is 30.3 Å². The van der Waals surface area contributed by atoms with Crippen LogP contribution < -0.4 is 19.3 Å². The summed E-state index contributed by atoms with van der Waals surface area (Å²) in [4.78, 5) is 17.4. The lowest BCUT2D eigenvalue weighted by Gasteiger charge is -2.48. The molecule has 0 N–H and O–H groups in total. The molecule has 5 heteroatoms. The summed E-state index contributed by atoms with van der Waals surface area (Å²) >= 11 is 0. The van der Waals surface area contributed by atoms with Gasteiger partial charge in [-0.25, -0.2) is 0 Å². The van der Waals surface area contributed by atoms with Crippen LogP contribution in [0.25, 0.3) is 0 Å². The van der Waals surface area contributed by atoms with Crippen molar-refractivity contribution in [1.29, 1.82) is 0 Å². The second-order valence-corrected chi connectivity index (χ2v) is 6.55. The second kappa shape index (κ2) is 6.06. The van der Waals surface area contributed by atoms with E-state index < -0.39 is 0 Å². The van der Waals surface area contributed by atoms with E-state index in [1.54, 1.807) is 7.11 Å². The summed E-state index contributed by atoms with van der Waals surface area (Å²) in [7, 11) is 1.63. The molecule has 0 spiro atoms. The van der Waals surface area contributed by atoms with E-state index in [1.807, 2.05) is 77.7 Å². The van der Waals surface area contributed by atoms with Gasteiger partial charge in [0, 0.05) is 11.3 Å². The summed E-state index contributed by atoms with van der Waals surface area (Å²) in [5.41, 5.74) is 3.36. The number of rotatable bonds is 2. The Hall–Kier alpha value is -3.47. The van der Waals surface area contributed by atoms with Crippen molar-refractivity contribution in [2.75, 3.05) is 23.6 Å². The Morgan fingerprint density at radius 1 is 0.963 bits per heavy atom. The van der Waals surface area contributed by atoms with E-state index in [-0.39, 0.29) is 12.1 Å². The number of fused-ring (bicyclic) bond motifs is 5. The largest absolute Gasteiger partial charge is 0.497 e. The van der Waals surface area contributed by atoms with Crippen molar-refractivity contribution in [2.24, 2.45) is 0 Å². The molecule has 0 aromatic heterocycles. The number of nitrogens with zero attached hydrogens (tertiary/aromatic N) is 2. The molecule has 1 unspecified atom stereocenters. The molecular formula is C22H18N2O3. The monoisotopic (exact) mass is 358 g/mol. The zero-order chi connectivity index (χ0) is 18.4. The minimum absolute atomic E-state index is 0.0197. The van der Waals surface area contributed by atoms with Crippen molar-refractivity contribution in [3.8, 4) is 11.5 Å². The molecule has 0 saturated carbocycles. The Bertz CT molecular complexity index is 1020. The molecule has 2 aliphatic heterocycles. The van der Waals surface area contributed by atoms with Crippen LogP contribution in [0.3, 0.4) is 0 Å². The number of ether oxygens (including phenoxy) is 2. The predicted octanol–water partition coefficient (Wildman–Crippen LogP) is 4.21. The molecule has 1 atom stereocenters. The van der Waals surface area contributed by atoms with Crippen LogP contribution in [0.1, 0.15) is 22.1 Å². The average molecular weight is 358 g/mol. The quantitative estimate of drug-likeness (QED) is 0.688. The molecule has 5 nitrogen and oxygen atoms in total. The normalized spacial score (nSPS) is 17.5. The van der Waals surface area contributed by atoms with E-state index >= 15 is 0 Å². The Morgan fingerprint density at radius 2 is 1.70 bits per heavy atom. The molecule has 2 aliphatic rings. The van der Waals surface area contributed by atoms with Crippen LogP contribution in [0.4, 0.5) is 11.4 Å². The highest BCUT2D eigenvalue weighted by molar-refractivity contribution is 6.12. The van der Waals surface area contributed by atoms with Crippen molar-refractivity contribution in [3.63, 3.8) is 0 Å². The number of carbonyl (C=O) groups is 1. The first-order valence-corrected chi connectivity index (χ1v) is 8.83. The van der Waals surface area contributed by atoms with Gasteiger partial charge in [0.15, 0.2) is 6.73 Å². The van der Waals surface area contributed by atoms with E-state index in [2.05, 4.69) is 4.90 Å². The van der Waals surface area contributed by atoms with Crippen molar-refractivity contribution in [2.45, 2.75) is 6.17 Å². The number of methoxy groups -OCH3 is 1. The summed E-state index contributed by atoms with van der Waals surface area (Å²) in [6.45, 7) is 0.388. The van der Waals surface area contributed by atoms with Gasteiger partial charge >= 0.3 is 0 Å². The number of benzene rings is 3. The predicted molar refractivity (Wildman–Crippen MR) is 103 cm³/mol. The SMILES string of the molecule is COc1ccc(N2C(=O)c3ccccc3N3COc4ccccc4C32)cc1. The lowest BCUT2D eigenvalue weighted by Crippen LogP contribution is -2.52. The second-order valence-electron chi connectivity index (χ2n) is 6.55. The number of anilines is 2. The first-order chi connectivity index (χ1) is 13.3. The van der Waals surface area contributed by atoms with Gasteiger partial charge in [0.1, 0.15) is 17.7 Å². The zero-order valence-electron chi connectivity index (χ0n) is 14.8. The van der Waals surface area contributed by atoms with Gasteiger partial charge in [0.05, 0.1) is 18.4 Å². The Balaban J connectivity index is 1.72. The molecule has 3 aromatic carbocycles. The molecule has 3 aromatic rings. The highest BCUT2D eigenvalue weighted by atomic mass is 16.5. The average Bonchev–Trinajstić information content (AvgIpc) is 2.74. The van der Waals surface area contributed by atoms with E-state index in [0.29, 0.717) is 12.3 Å².